The number of nitrogens with zero attached hydrogens (tertiary/aromatic N) is 3. The van der Waals surface area contributed by atoms with Gasteiger partial charge in [-0.25, -0.2) is 9.18 Å². The SMILES string of the molecule is CCn1cc(C(=O)O)c(=O)c2cc(F)c(N=NCc3ccccc3)cc21. The summed E-state index contributed by atoms with van der Waals surface area (Å²) < 4.78 is 15.9. The molecule has 0 aliphatic heterocycles. The van der Waals surface area contributed by atoms with Crippen LogP contribution < -0.4 is 5.43 Å². The zero-order chi connectivity index (χ0) is 18.7. The predicted molar refractivity (Wildman–Crippen MR) is 95.5 cm³/mol. The first-order chi connectivity index (χ1) is 12.5. The fourth-order valence-corrected chi connectivity index (χ4v) is 2.67. The van der Waals surface area contributed by atoms with Gasteiger partial charge in [0.15, 0.2) is 5.82 Å². The Morgan fingerprint density at radius 2 is 1.96 bits per heavy atom. The summed E-state index contributed by atoms with van der Waals surface area (Å²) in [5.41, 5.74) is 0.241. The van der Waals surface area contributed by atoms with Gasteiger partial charge in [0, 0.05) is 18.1 Å². The standard InChI is InChI=1S/C19H16FN3O3/c1-2-23-11-14(19(25)26)18(24)13-8-15(20)16(9-17(13)23)22-21-10-12-6-4-3-5-7-12/h3-9,11H,2,10H2,1H3,(H,25,26). The van der Waals surface area contributed by atoms with Crippen LogP contribution >= 0.6 is 0 Å². The van der Waals surface area contributed by atoms with Crippen LogP contribution in [0.3, 0.4) is 0 Å². The van der Waals surface area contributed by atoms with Crippen molar-refractivity contribution in [3.05, 3.63) is 75.8 Å². The molecule has 3 aromatic rings. The molecule has 0 saturated carbocycles. The first-order valence-electron chi connectivity index (χ1n) is 8.02. The quantitative estimate of drug-likeness (QED) is 0.700. The Labute approximate surface area is 148 Å². The van der Waals surface area contributed by atoms with E-state index >= 15 is 0 Å². The number of aryl methyl sites for hydroxylation is 1. The summed E-state index contributed by atoms with van der Waals surface area (Å²) in [6.45, 7) is 2.52. The molecule has 3 rings (SSSR count). The van der Waals surface area contributed by atoms with Crippen molar-refractivity contribution in [2.45, 2.75) is 20.0 Å². The lowest BCUT2D eigenvalue weighted by atomic mass is 10.1. The van der Waals surface area contributed by atoms with Crippen molar-refractivity contribution >= 4 is 22.6 Å². The van der Waals surface area contributed by atoms with Crippen LogP contribution in [-0.2, 0) is 13.1 Å². The van der Waals surface area contributed by atoms with Gasteiger partial charge in [-0.3, -0.25) is 4.79 Å². The van der Waals surface area contributed by atoms with Crippen LogP contribution in [0.5, 0.6) is 0 Å². The van der Waals surface area contributed by atoms with E-state index in [4.69, 9.17) is 5.11 Å². The van der Waals surface area contributed by atoms with Gasteiger partial charge in [-0.2, -0.15) is 10.2 Å². The number of aromatic nitrogens is 1. The number of halogens is 1. The molecule has 0 radical (unpaired) electrons. The Kier molecular flexibility index (Phi) is 4.88. The lowest BCUT2D eigenvalue weighted by molar-refractivity contribution is 0.0695. The highest BCUT2D eigenvalue weighted by Crippen LogP contribution is 2.25. The van der Waals surface area contributed by atoms with E-state index in [9.17, 15) is 14.0 Å². The molecule has 0 fully saturated rings. The van der Waals surface area contributed by atoms with E-state index in [1.165, 1.54) is 12.3 Å². The van der Waals surface area contributed by atoms with E-state index in [0.717, 1.165) is 11.6 Å². The predicted octanol–water partition coefficient (Wildman–Crippen LogP) is 4.14. The highest BCUT2D eigenvalue weighted by atomic mass is 19.1. The van der Waals surface area contributed by atoms with Crippen LogP contribution in [0.15, 0.2) is 63.7 Å². The number of azo groups is 1. The summed E-state index contributed by atoms with van der Waals surface area (Å²) in [5, 5.41) is 17.1. The van der Waals surface area contributed by atoms with E-state index in [1.54, 1.807) is 11.5 Å². The third-order valence-electron chi connectivity index (χ3n) is 3.99. The lowest BCUT2D eigenvalue weighted by Gasteiger charge is -2.10. The van der Waals surface area contributed by atoms with E-state index in [1.807, 2.05) is 30.3 Å². The number of hydrogen-bond acceptors (Lipinski definition) is 4. The molecule has 7 heteroatoms. The number of fused-ring (bicyclic) bond motifs is 1. The van der Waals surface area contributed by atoms with Crippen molar-refractivity contribution in [1.82, 2.24) is 4.57 Å². The zero-order valence-electron chi connectivity index (χ0n) is 14.0. The fraction of sp³-hybridized carbons (Fsp3) is 0.158. The summed E-state index contributed by atoms with van der Waals surface area (Å²) in [7, 11) is 0. The van der Waals surface area contributed by atoms with Crippen molar-refractivity contribution in [1.29, 1.82) is 0 Å². The Bertz CT molecular complexity index is 1060. The van der Waals surface area contributed by atoms with Crippen LogP contribution in [0.25, 0.3) is 10.9 Å². The molecule has 0 aliphatic carbocycles. The topological polar surface area (TPSA) is 84.0 Å². The average molecular weight is 353 g/mol. The van der Waals surface area contributed by atoms with Gasteiger partial charge in [0.2, 0.25) is 5.43 Å². The first-order valence-corrected chi connectivity index (χ1v) is 8.02. The second-order valence-corrected chi connectivity index (χ2v) is 5.67. The van der Waals surface area contributed by atoms with Crippen molar-refractivity contribution in [2.24, 2.45) is 10.2 Å². The molecule has 0 saturated heterocycles. The van der Waals surface area contributed by atoms with E-state index < -0.39 is 22.8 Å². The minimum Gasteiger partial charge on any atom is -0.477 e. The number of hydrogen-bond donors (Lipinski definition) is 1. The molecule has 1 N–H and O–H groups in total. The number of aromatic carboxylic acids is 1. The summed E-state index contributed by atoms with van der Waals surface area (Å²) in [6, 6.07) is 11.8. The van der Waals surface area contributed by atoms with Crippen LogP contribution in [0.4, 0.5) is 10.1 Å². The minimum atomic E-state index is -1.34. The lowest BCUT2D eigenvalue weighted by Crippen LogP contribution is -2.18. The molecule has 1 heterocycles. The van der Waals surface area contributed by atoms with Crippen molar-refractivity contribution in [2.75, 3.05) is 0 Å². The van der Waals surface area contributed by atoms with Crippen LogP contribution in [0.1, 0.15) is 22.8 Å². The average Bonchev–Trinajstić information content (AvgIpc) is 2.64. The number of benzene rings is 2. The molecule has 0 atom stereocenters. The molecule has 1 aromatic heterocycles. The van der Waals surface area contributed by atoms with Gasteiger partial charge in [0.25, 0.3) is 0 Å². The smallest absolute Gasteiger partial charge is 0.341 e. The van der Waals surface area contributed by atoms with Crippen LogP contribution in [0.2, 0.25) is 0 Å². The molecule has 0 aliphatic rings. The van der Waals surface area contributed by atoms with E-state index in [0.29, 0.717) is 18.6 Å². The van der Waals surface area contributed by atoms with Gasteiger partial charge in [-0.05, 0) is 24.6 Å². The molecule has 0 unspecified atom stereocenters. The third kappa shape index (κ3) is 3.37. The maximum atomic E-state index is 14.3. The Balaban J connectivity index is 2.05. The highest BCUT2D eigenvalue weighted by Gasteiger charge is 2.16. The van der Waals surface area contributed by atoms with Gasteiger partial charge in [-0.15, -0.1) is 0 Å². The van der Waals surface area contributed by atoms with Crippen LogP contribution in [0, 0.1) is 5.82 Å². The summed E-state index contributed by atoms with van der Waals surface area (Å²) in [5.74, 6) is -2.07. The Morgan fingerprint density at radius 1 is 1.23 bits per heavy atom. The van der Waals surface area contributed by atoms with Gasteiger partial charge >= 0.3 is 5.97 Å². The normalized spacial score (nSPS) is 11.3. The monoisotopic (exact) mass is 353 g/mol. The van der Waals surface area contributed by atoms with E-state index in [-0.39, 0.29) is 11.1 Å². The molecule has 0 amide bonds. The highest BCUT2D eigenvalue weighted by molar-refractivity contribution is 5.93. The van der Waals surface area contributed by atoms with Gasteiger partial charge < -0.3 is 9.67 Å². The number of carboxylic acid groups (broad SMARTS) is 1. The largest absolute Gasteiger partial charge is 0.477 e. The zero-order valence-corrected chi connectivity index (χ0v) is 14.0. The summed E-state index contributed by atoms with van der Waals surface area (Å²) in [4.78, 5) is 23.5. The van der Waals surface area contributed by atoms with E-state index in [2.05, 4.69) is 10.2 Å². The molecular weight excluding hydrogens is 337 g/mol. The molecule has 6 nitrogen and oxygen atoms in total. The summed E-state index contributed by atoms with van der Waals surface area (Å²) >= 11 is 0. The Hall–Kier alpha value is -3.35. The second-order valence-electron chi connectivity index (χ2n) is 5.67. The maximum Gasteiger partial charge on any atom is 0.341 e. The van der Waals surface area contributed by atoms with Crippen LogP contribution in [-0.4, -0.2) is 15.6 Å². The minimum absolute atomic E-state index is 0.00175. The fourth-order valence-electron chi connectivity index (χ4n) is 2.67. The summed E-state index contributed by atoms with van der Waals surface area (Å²) in [6.07, 6.45) is 1.26. The van der Waals surface area contributed by atoms with Crippen molar-refractivity contribution in [3.8, 4) is 0 Å². The molecule has 2 aromatic carbocycles. The number of pyridine rings is 1. The maximum absolute atomic E-state index is 14.3. The third-order valence-corrected chi connectivity index (χ3v) is 3.99. The van der Waals surface area contributed by atoms with Gasteiger partial charge in [0.05, 0.1) is 12.1 Å². The molecule has 0 bridgehead atoms. The van der Waals surface area contributed by atoms with Crippen molar-refractivity contribution < 1.29 is 14.3 Å². The Morgan fingerprint density at radius 3 is 2.62 bits per heavy atom. The number of carboxylic acids is 1. The molecule has 26 heavy (non-hydrogen) atoms. The number of carbonyl (C=O) groups is 1. The van der Waals surface area contributed by atoms with Gasteiger partial charge in [-0.1, -0.05) is 30.3 Å². The molecular formula is C19H16FN3O3. The van der Waals surface area contributed by atoms with Gasteiger partial charge in [0.1, 0.15) is 11.3 Å². The molecule has 132 valence electrons. The first kappa shape index (κ1) is 17.5. The second kappa shape index (κ2) is 7.26. The van der Waals surface area contributed by atoms with Crippen molar-refractivity contribution in [3.63, 3.8) is 0 Å². The number of rotatable bonds is 5. The molecule has 0 spiro atoms.